The molecule has 0 aliphatic carbocycles. The van der Waals surface area contributed by atoms with Crippen molar-refractivity contribution in [2.75, 3.05) is 5.32 Å². The summed E-state index contributed by atoms with van der Waals surface area (Å²) in [5.74, 6) is 0.104. The molecule has 0 fully saturated rings. The number of amides is 1. The van der Waals surface area contributed by atoms with Crippen molar-refractivity contribution < 1.29 is 4.79 Å². The summed E-state index contributed by atoms with van der Waals surface area (Å²) in [6, 6.07) is 16.9. The first kappa shape index (κ1) is 16.1. The summed E-state index contributed by atoms with van der Waals surface area (Å²) in [7, 11) is 0. The molecular weight excluding hydrogens is 368 g/mol. The third-order valence-corrected chi connectivity index (χ3v) is 3.95. The zero-order chi connectivity index (χ0) is 16.9. The number of rotatable bonds is 5. The number of hydrogen-bond donors (Lipinski definition) is 2. The Morgan fingerprint density at radius 2 is 1.92 bits per heavy atom. The van der Waals surface area contributed by atoms with Crippen LogP contribution in [0.5, 0.6) is 0 Å². The molecule has 1 amide bonds. The molecule has 3 aromatic rings. The predicted molar refractivity (Wildman–Crippen MR) is 97.5 cm³/mol. The van der Waals surface area contributed by atoms with Crippen LogP contribution in [-0.2, 0) is 6.54 Å². The topological polar surface area (TPSA) is 80.9 Å². The second-order valence-corrected chi connectivity index (χ2v) is 6.11. The van der Waals surface area contributed by atoms with E-state index in [0.29, 0.717) is 18.1 Å². The molecule has 0 spiro atoms. The minimum atomic E-state index is -0.444. The van der Waals surface area contributed by atoms with Gasteiger partial charge in [0.15, 0.2) is 0 Å². The van der Waals surface area contributed by atoms with Gasteiger partial charge in [-0.2, -0.15) is 0 Å². The molecule has 1 aromatic heterocycles. The summed E-state index contributed by atoms with van der Waals surface area (Å²) in [6.07, 6.45) is 1.70. The van der Waals surface area contributed by atoms with Crippen LogP contribution >= 0.6 is 15.9 Å². The van der Waals surface area contributed by atoms with Gasteiger partial charge < -0.3 is 11.1 Å². The van der Waals surface area contributed by atoms with Crippen LogP contribution in [0.15, 0.2) is 65.3 Å². The number of hydrogen-bond acceptors (Lipinski definition) is 4. The van der Waals surface area contributed by atoms with E-state index < -0.39 is 5.91 Å². The van der Waals surface area contributed by atoms with Crippen molar-refractivity contribution in [3.8, 4) is 11.3 Å². The summed E-state index contributed by atoms with van der Waals surface area (Å²) in [5.41, 5.74) is 8.53. The van der Waals surface area contributed by atoms with E-state index in [4.69, 9.17) is 5.73 Å². The first-order chi connectivity index (χ1) is 11.6. The summed E-state index contributed by atoms with van der Waals surface area (Å²) in [6.45, 7) is 0.628. The molecule has 0 atom stereocenters. The number of aromatic nitrogens is 2. The average molecular weight is 383 g/mol. The molecule has 0 saturated heterocycles. The molecule has 0 aliphatic heterocycles. The van der Waals surface area contributed by atoms with Gasteiger partial charge in [0.05, 0.1) is 5.69 Å². The molecule has 0 radical (unpaired) electrons. The van der Waals surface area contributed by atoms with Gasteiger partial charge in [0, 0.05) is 28.3 Å². The number of carbonyl (C=O) groups excluding carboxylic acids is 1. The number of nitrogens with zero attached hydrogens (tertiary/aromatic N) is 2. The number of primary amides is 1. The molecule has 24 heavy (non-hydrogen) atoms. The molecule has 3 rings (SSSR count). The fourth-order valence-corrected chi connectivity index (χ4v) is 2.68. The zero-order valence-electron chi connectivity index (χ0n) is 12.7. The summed E-state index contributed by atoms with van der Waals surface area (Å²) in [4.78, 5) is 19.9. The maximum absolute atomic E-state index is 11.1. The van der Waals surface area contributed by atoms with Crippen molar-refractivity contribution in [2.24, 2.45) is 5.73 Å². The molecule has 1 heterocycles. The van der Waals surface area contributed by atoms with Gasteiger partial charge in [-0.1, -0.05) is 40.2 Å². The van der Waals surface area contributed by atoms with E-state index in [1.54, 1.807) is 18.3 Å². The van der Waals surface area contributed by atoms with Crippen molar-refractivity contribution >= 4 is 27.8 Å². The highest BCUT2D eigenvalue weighted by atomic mass is 79.9. The minimum absolute atomic E-state index is 0.444. The second-order valence-electron chi connectivity index (χ2n) is 5.19. The fourth-order valence-electron chi connectivity index (χ4n) is 2.24. The van der Waals surface area contributed by atoms with Gasteiger partial charge in [-0.3, -0.25) is 4.79 Å². The predicted octanol–water partition coefficient (Wildman–Crippen LogP) is 3.62. The van der Waals surface area contributed by atoms with Crippen LogP contribution in [0.4, 0.5) is 5.95 Å². The van der Waals surface area contributed by atoms with Crippen LogP contribution in [0.1, 0.15) is 15.9 Å². The molecule has 6 heteroatoms. The van der Waals surface area contributed by atoms with Crippen LogP contribution in [0.3, 0.4) is 0 Å². The third kappa shape index (κ3) is 3.97. The quantitative estimate of drug-likeness (QED) is 0.705. The van der Waals surface area contributed by atoms with Gasteiger partial charge in [0.1, 0.15) is 0 Å². The van der Waals surface area contributed by atoms with Gasteiger partial charge in [-0.05, 0) is 35.9 Å². The second kappa shape index (κ2) is 7.23. The molecule has 120 valence electrons. The maximum atomic E-state index is 11.1. The van der Waals surface area contributed by atoms with Crippen LogP contribution in [0.2, 0.25) is 0 Å². The van der Waals surface area contributed by atoms with Crippen molar-refractivity contribution in [1.82, 2.24) is 9.97 Å². The average Bonchev–Trinajstić information content (AvgIpc) is 2.60. The largest absolute Gasteiger partial charge is 0.366 e. The van der Waals surface area contributed by atoms with E-state index in [9.17, 15) is 4.79 Å². The molecule has 3 N–H and O–H groups in total. The number of halogens is 1. The number of benzene rings is 2. The van der Waals surface area contributed by atoms with E-state index in [2.05, 4.69) is 31.2 Å². The Balaban J connectivity index is 1.75. The minimum Gasteiger partial charge on any atom is -0.366 e. The van der Waals surface area contributed by atoms with Crippen molar-refractivity contribution in [2.45, 2.75) is 6.54 Å². The lowest BCUT2D eigenvalue weighted by atomic mass is 10.1. The van der Waals surface area contributed by atoms with Crippen LogP contribution < -0.4 is 11.1 Å². The first-order valence-corrected chi connectivity index (χ1v) is 8.13. The van der Waals surface area contributed by atoms with E-state index in [0.717, 1.165) is 21.3 Å². The molecule has 2 aromatic carbocycles. The molecule has 5 nitrogen and oxygen atoms in total. The lowest BCUT2D eigenvalue weighted by Gasteiger charge is -2.07. The number of nitrogens with one attached hydrogen (secondary N) is 1. The van der Waals surface area contributed by atoms with E-state index in [-0.39, 0.29) is 0 Å². The molecule has 0 unspecified atom stereocenters. The highest BCUT2D eigenvalue weighted by Crippen LogP contribution is 2.19. The van der Waals surface area contributed by atoms with Crippen molar-refractivity contribution in [1.29, 1.82) is 0 Å². The molecule has 0 bridgehead atoms. The molecular formula is C18H15BrN4O. The van der Waals surface area contributed by atoms with Gasteiger partial charge in [-0.25, -0.2) is 9.97 Å². The van der Waals surface area contributed by atoms with Crippen LogP contribution in [-0.4, -0.2) is 15.9 Å². The van der Waals surface area contributed by atoms with Crippen LogP contribution in [0, 0.1) is 0 Å². The zero-order valence-corrected chi connectivity index (χ0v) is 14.3. The van der Waals surface area contributed by atoms with Gasteiger partial charge >= 0.3 is 0 Å². The lowest BCUT2D eigenvalue weighted by Crippen LogP contribution is -2.10. The van der Waals surface area contributed by atoms with Crippen LogP contribution in [0.25, 0.3) is 11.3 Å². The Bertz CT molecular complexity index is 865. The van der Waals surface area contributed by atoms with Gasteiger partial charge in [-0.15, -0.1) is 0 Å². The smallest absolute Gasteiger partial charge is 0.248 e. The lowest BCUT2D eigenvalue weighted by molar-refractivity contribution is 0.100. The van der Waals surface area contributed by atoms with Crippen molar-refractivity contribution in [3.63, 3.8) is 0 Å². The first-order valence-electron chi connectivity index (χ1n) is 7.33. The monoisotopic (exact) mass is 382 g/mol. The molecule has 0 aliphatic rings. The Morgan fingerprint density at radius 3 is 2.62 bits per heavy atom. The third-order valence-electron chi connectivity index (χ3n) is 3.46. The number of nitrogens with two attached hydrogens (primary N) is 1. The highest BCUT2D eigenvalue weighted by Gasteiger charge is 2.05. The SMILES string of the molecule is NC(=O)c1ccc(-c2ccnc(NCc3cccc(Br)c3)n2)cc1. The Morgan fingerprint density at radius 1 is 1.12 bits per heavy atom. The van der Waals surface area contributed by atoms with E-state index in [1.165, 1.54) is 0 Å². The Hall–Kier alpha value is -2.73. The number of anilines is 1. The van der Waals surface area contributed by atoms with E-state index >= 15 is 0 Å². The Kier molecular flexibility index (Phi) is 4.86. The normalized spacial score (nSPS) is 10.4. The standard InChI is InChI=1S/C18H15BrN4O/c19-15-3-1-2-12(10-15)11-22-18-21-9-8-16(23-18)13-4-6-14(7-5-13)17(20)24/h1-10H,11H2,(H2,20,24)(H,21,22,23). The Labute approximate surface area is 148 Å². The fraction of sp³-hybridized carbons (Fsp3) is 0.0556. The van der Waals surface area contributed by atoms with E-state index in [1.807, 2.05) is 42.5 Å². The summed E-state index contributed by atoms with van der Waals surface area (Å²) >= 11 is 3.45. The maximum Gasteiger partial charge on any atom is 0.248 e. The van der Waals surface area contributed by atoms with Crippen molar-refractivity contribution in [3.05, 3.63) is 76.4 Å². The van der Waals surface area contributed by atoms with Gasteiger partial charge in [0.2, 0.25) is 11.9 Å². The molecule has 0 saturated carbocycles. The summed E-state index contributed by atoms with van der Waals surface area (Å²) < 4.78 is 1.03. The number of carbonyl (C=O) groups is 1. The highest BCUT2D eigenvalue weighted by molar-refractivity contribution is 9.10. The van der Waals surface area contributed by atoms with Gasteiger partial charge in [0.25, 0.3) is 0 Å². The summed E-state index contributed by atoms with van der Waals surface area (Å²) in [5, 5.41) is 3.21.